The number of amides is 1. The number of H-pyrrole nitrogens is 1. The van der Waals surface area contributed by atoms with Crippen molar-refractivity contribution in [2.24, 2.45) is 0 Å². The van der Waals surface area contributed by atoms with E-state index in [0.717, 1.165) is 35.2 Å². The van der Waals surface area contributed by atoms with Gasteiger partial charge in [0.25, 0.3) is 5.91 Å². The summed E-state index contributed by atoms with van der Waals surface area (Å²) >= 11 is 0. The molecule has 0 aliphatic rings. The van der Waals surface area contributed by atoms with E-state index in [1.807, 2.05) is 32.0 Å². The Morgan fingerprint density at radius 1 is 1.18 bits per heavy atom. The topological polar surface area (TPSA) is 115 Å². The molecule has 0 unspecified atom stereocenters. The lowest BCUT2D eigenvalue weighted by Crippen LogP contribution is -2.24. The number of hydrogen-bond acceptors (Lipinski definition) is 7. The first-order valence-electron chi connectivity index (χ1n) is 10.8. The lowest BCUT2D eigenvalue weighted by molar-refractivity contribution is 0.0953. The Kier molecular flexibility index (Phi) is 6.77. The number of carbonyl (C=O) groups excluding carboxylic acids is 1. The molecule has 9 nitrogen and oxygen atoms in total. The van der Waals surface area contributed by atoms with Crippen LogP contribution in [0.5, 0.6) is 11.6 Å². The van der Waals surface area contributed by atoms with Crippen LogP contribution in [-0.2, 0) is 6.42 Å². The fourth-order valence-electron chi connectivity index (χ4n) is 3.52. The highest BCUT2D eigenvalue weighted by molar-refractivity contribution is 5.99. The minimum Gasteiger partial charge on any atom is -0.493 e. The minimum absolute atomic E-state index is 0.146. The molecular weight excluding hydrogens is 420 g/mol. The van der Waals surface area contributed by atoms with Gasteiger partial charge in [-0.1, -0.05) is 5.21 Å². The van der Waals surface area contributed by atoms with Gasteiger partial charge in [0.15, 0.2) is 0 Å². The van der Waals surface area contributed by atoms with Gasteiger partial charge in [-0.15, -0.1) is 5.10 Å². The Bertz CT molecular complexity index is 1250. The Morgan fingerprint density at radius 3 is 2.76 bits per heavy atom. The monoisotopic (exact) mass is 446 g/mol. The number of aryl methyl sites for hydroxylation is 2. The second-order valence-electron chi connectivity index (χ2n) is 7.50. The molecule has 2 N–H and O–H groups in total. The molecule has 1 amide bonds. The van der Waals surface area contributed by atoms with Crippen molar-refractivity contribution in [3.63, 3.8) is 0 Å². The molecule has 9 heteroatoms. The summed E-state index contributed by atoms with van der Waals surface area (Å²) in [5.41, 5.74) is 4.64. The maximum absolute atomic E-state index is 12.7. The summed E-state index contributed by atoms with van der Waals surface area (Å²) in [5.74, 6) is 1.10. The van der Waals surface area contributed by atoms with Crippen molar-refractivity contribution in [1.82, 2.24) is 30.7 Å². The summed E-state index contributed by atoms with van der Waals surface area (Å²) in [6, 6.07) is 11.0. The number of nitrogens with one attached hydrogen (secondary N) is 2. The summed E-state index contributed by atoms with van der Waals surface area (Å²) < 4.78 is 11.0. The van der Waals surface area contributed by atoms with Crippen molar-refractivity contribution in [2.45, 2.75) is 26.7 Å². The third-order valence-electron chi connectivity index (χ3n) is 5.29. The van der Waals surface area contributed by atoms with E-state index >= 15 is 0 Å². The van der Waals surface area contributed by atoms with E-state index in [1.165, 1.54) is 0 Å². The SMILES string of the molecule is CCOc1cc(-c2ccc(OC)nc2)nc2cc(C(=O)NCCCc3[nH]nnc3C)ccc12. The first kappa shape index (κ1) is 22.2. The first-order valence-corrected chi connectivity index (χ1v) is 10.8. The highest BCUT2D eigenvalue weighted by atomic mass is 16.5. The van der Waals surface area contributed by atoms with Crippen LogP contribution < -0.4 is 14.8 Å². The molecule has 4 aromatic rings. The van der Waals surface area contributed by atoms with Gasteiger partial charge in [-0.05, 0) is 51.0 Å². The number of carbonyl (C=O) groups is 1. The molecule has 0 bridgehead atoms. The van der Waals surface area contributed by atoms with Crippen LogP contribution in [0.2, 0.25) is 0 Å². The molecule has 0 radical (unpaired) electrons. The number of nitrogens with zero attached hydrogens (tertiary/aromatic N) is 4. The molecule has 0 spiro atoms. The molecule has 0 saturated heterocycles. The Hall–Kier alpha value is -4.01. The fourth-order valence-corrected chi connectivity index (χ4v) is 3.52. The quantitative estimate of drug-likeness (QED) is 0.378. The van der Waals surface area contributed by atoms with Crippen LogP contribution in [0.3, 0.4) is 0 Å². The van der Waals surface area contributed by atoms with Gasteiger partial charge in [-0.25, -0.2) is 9.97 Å². The molecule has 3 aromatic heterocycles. The van der Waals surface area contributed by atoms with E-state index in [4.69, 9.17) is 14.5 Å². The highest BCUT2D eigenvalue weighted by Gasteiger charge is 2.13. The maximum Gasteiger partial charge on any atom is 0.251 e. The zero-order valence-corrected chi connectivity index (χ0v) is 18.9. The normalized spacial score (nSPS) is 10.9. The lowest BCUT2D eigenvalue weighted by atomic mass is 10.1. The van der Waals surface area contributed by atoms with Gasteiger partial charge in [0.2, 0.25) is 5.88 Å². The summed E-state index contributed by atoms with van der Waals surface area (Å²) in [6.45, 7) is 4.91. The van der Waals surface area contributed by atoms with E-state index in [1.54, 1.807) is 31.5 Å². The lowest BCUT2D eigenvalue weighted by Gasteiger charge is -2.12. The van der Waals surface area contributed by atoms with Gasteiger partial charge in [-0.2, -0.15) is 0 Å². The number of rotatable bonds is 9. The van der Waals surface area contributed by atoms with Gasteiger partial charge < -0.3 is 14.8 Å². The molecule has 33 heavy (non-hydrogen) atoms. The third-order valence-corrected chi connectivity index (χ3v) is 5.29. The second-order valence-corrected chi connectivity index (χ2v) is 7.50. The van der Waals surface area contributed by atoms with Crippen molar-refractivity contribution in [2.75, 3.05) is 20.3 Å². The fraction of sp³-hybridized carbons (Fsp3) is 0.292. The predicted octanol–water partition coefficient (Wildman–Crippen LogP) is 3.49. The largest absolute Gasteiger partial charge is 0.493 e. The Balaban J connectivity index is 1.54. The summed E-state index contributed by atoms with van der Waals surface area (Å²) in [6.07, 6.45) is 3.26. The number of benzene rings is 1. The van der Waals surface area contributed by atoms with Crippen LogP contribution in [0.25, 0.3) is 22.2 Å². The number of pyridine rings is 2. The highest BCUT2D eigenvalue weighted by Crippen LogP contribution is 2.31. The first-order chi connectivity index (χ1) is 16.1. The van der Waals surface area contributed by atoms with Crippen molar-refractivity contribution in [3.05, 3.63) is 59.5 Å². The average molecular weight is 447 g/mol. The molecule has 170 valence electrons. The molecule has 3 heterocycles. The summed E-state index contributed by atoms with van der Waals surface area (Å²) in [5, 5.41) is 14.4. The molecular formula is C24H26N6O3. The van der Waals surface area contributed by atoms with Gasteiger partial charge in [0, 0.05) is 41.4 Å². The smallest absolute Gasteiger partial charge is 0.251 e. The van der Waals surface area contributed by atoms with Crippen molar-refractivity contribution in [3.8, 4) is 22.9 Å². The molecule has 4 rings (SSSR count). The van der Waals surface area contributed by atoms with Crippen LogP contribution in [0, 0.1) is 6.92 Å². The van der Waals surface area contributed by atoms with Crippen molar-refractivity contribution >= 4 is 16.8 Å². The van der Waals surface area contributed by atoms with Crippen LogP contribution in [0.4, 0.5) is 0 Å². The number of fused-ring (bicyclic) bond motifs is 1. The maximum atomic E-state index is 12.7. The molecule has 0 fully saturated rings. The van der Waals surface area contributed by atoms with Crippen LogP contribution in [-0.4, -0.2) is 51.5 Å². The predicted molar refractivity (Wildman–Crippen MR) is 124 cm³/mol. The zero-order valence-electron chi connectivity index (χ0n) is 18.9. The Morgan fingerprint density at radius 2 is 2.06 bits per heavy atom. The zero-order chi connectivity index (χ0) is 23.2. The average Bonchev–Trinajstić information content (AvgIpc) is 3.26. The van der Waals surface area contributed by atoms with Gasteiger partial charge in [0.05, 0.1) is 36.3 Å². The summed E-state index contributed by atoms with van der Waals surface area (Å²) in [4.78, 5) is 21.8. The number of aromatic nitrogens is 5. The molecule has 1 aromatic carbocycles. The van der Waals surface area contributed by atoms with Crippen LogP contribution >= 0.6 is 0 Å². The van der Waals surface area contributed by atoms with Crippen molar-refractivity contribution in [1.29, 1.82) is 0 Å². The molecule has 0 aliphatic heterocycles. The van der Waals surface area contributed by atoms with Gasteiger partial charge >= 0.3 is 0 Å². The standard InChI is InChI=1S/C24H26N6O3/c1-4-33-22-13-20(17-8-10-23(32-3)26-14-17)27-21-12-16(7-9-18(21)22)24(31)25-11-5-6-19-15(2)28-30-29-19/h7-10,12-14H,4-6,11H2,1-3H3,(H,25,31)(H,28,29,30). The van der Waals surface area contributed by atoms with Crippen LogP contribution in [0.1, 0.15) is 35.1 Å². The Labute approximate surface area is 191 Å². The van der Waals surface area contributed by atoms with E-state index in [-0.39, 0.29) is 5.91 Å². The van der Waals surface area contributed by atoms with Gasteiger partial charge in [0.1, 0.15) is 5.75 Å². The van der Waals surface area contributed by atoms with Crippen LogP contribution in [0.15, 0.2) is 42.6 Å². The molecule has 0 atom stereocenters. The van der Waals surface area contributed by atoms with E-state index in [2.05, 4.69) is 25.7 Å². The van der Waals surface area contributed by atoms with Crippen molar-refractivity contribution < 1.29 is 14.3 Å². The summed E-state index contributed by atoms with van der Waals surface area (Å²) in [7, 11) is 1.58. The van der Waals surface area contributed by atoms with E-state index in [9.17, 15) is 4.79 Å². The second kappa shape index (κ2) is 10.1. The number of hydrogen-bond donors (Lipinski definition) is 2. The van der Waals surface area contributed by atoms with E-state index < -0.39 is 0 Å². The molecule has 0 saturated carbocycles. The minimum atomic E-state index is -0.146. The number of ether oxygens (including phenoxy) is 2. The van der Waals surface area contributed by atoms with Gasteiger partial charge in [-0.3, -0.25) is 9.89 Å². The third kappa shape index (κ3) is 5.08. The van der Waals surface area contributed by atoms with E-state index in [0.29, 0.717) is 41.6 Å². The molecule has 0 aliphatic carbocycles. The number of aromatic amines is 1. The number of methoxy groups -OCH3 is 1.